The van der Waals surface area contributed by atoms with E-state index in [-0.39, 0.29) is 82.1 Å². The molecule has 1 atom stereocenters. The van der Waals surface area contributed by atoms with Gasteiger partial charge in [0.15, 0.2) is 22.6 Å². The van der Waals surface area contributed by atoms with Crippen LogP contribution in [0, 0.1) is 54.3 Å². The van der Waals surface area contributed by atoms with Crippen LogP contribution in [0.4, 0.5) is 28.6 Å². The minimum Gasteiger partial charge on any atom is -1.00 e. The number of pyridine rings is 4. The van der Waals surface area contributed by atoms with Crippen molar-refractivity contribution in [3.8, 4) is 0 Å². The van der Waals surface area contributed by atoms with Gasteiger partial charge in [0, 0.05) is 52.9 Å². The summed E-state index contributed by atoms with van der Waals surface area (Å²) >= 11 is 3.17. The molecule has 0 aromatic carbocycles. The van der Waals surface area contributed by atoms with Crippen LogP contribution in [-0.4, -0.2) is 116 Å². The van der Waals surface area contributed by atoms with Crippen LogP contribution >= 0.6 is 15.9 Å². The molecule has 0 saturated carbocycles. The molecular weight excluding hydrogens is 979 g/mol. The zero-order valence-corrected chi connectivity index (χ0v) is 37.5. The first kappa shape index (κ1) is 62.0. The third-order valence-electron chi connectivity index (χ3n) is 7.55. The number of methoxy groups -OCH3 is 1. The quantitative estimate of drug-likeness (QED) is 0.0412. The summed E-state index contributed by atoms with van der Waals surface area (Å²) in [6, 6.07) is 7.85. The first-order valence-electron chi connectivity index (χ1n) is 17.0. The minimum absolute atomic E-state index is 0. The monoisotopic (exact) mass is 1020 g/mol. The Morgan fingerprint density at radius 1 is 0.676 bits per heavy atom. The van der Waals surface area contributed by atoms with Crippen molar-refractivity contribution in [3.63, 3.8) is 0 Å². The van der Waals surface area contributed by atoms with Gasteiger partial charge in [-0.05, 0) is 41.9 Å². The van der Waals surface area contributed by atoms with Gasteiger partial charge in [-0.3, -0.25) is 70.7 Å². The summed E-state index contributed by atoms with van der Waals surface area (Å²) in [5, 5.41) is 75.9. The molecule has 68 heavy (non-hydrogen) atoms. The summed E-state index contributed by atoms with van der Waals surface area (Å²) in [4.78, 5) is 63.6. The van der Waals surface area contributed by atoms with Gasteiger partial charge < -0.3 is 23.1 Å². The van der Waals surface area contributed by atoms with Crippen LogP contribution in [0.25, 0.3) is 44.1 Å². The van der Waals surface area contributed by atoms with Gasteiger partial charge in [0.25, 0.3) is 17.1 Å². The molecule has 0 bridgehead atoms. The first-order valence-corrected chi connectivity index (χ1v) is 17.8. The zero-order valence-electron chi connectivity index (χ0n) is 34.9. The molecule has 1 unspecified atom stereocenters. The maximum atomic E-state index is 10.4. The fourth-order valence-corrected chi connectivity index (χ4v) is 4.87. The van der Waals surface area contributed by atoms with E-state index >= 15 is 0 Å². The Kier molecular flexibility index (Phi) is 26.9. The van der Waals surface area contributed by atoms with Crippen LogP contribution in [0.15, 0.2) is 72.1 Å². The number of aromatic nitrogens is 14. The molecule has 0 radical (unpaired) electrons. The fraction of sp³-hybridized carbons (Fsp3) is 0.200. The molecule has 0 amide bonds. The second-order valence-electron chi connectivity index (χ2n) is 11.8. The van der Waals surface area contributed by atoms with Gasteiger partial charge in [-0.1, -0.05) is 22.3 Å². The van der Waals surface area contributed by atoms with Crippen LogP contribution in [0.3, 0.4) is 0 Å². The number of nitrogens with zero attached hydrogens (tertiary/aromatic N) is 13. The van der Waals surface area contributed by atoms with Crippen LogP contribution in [-0.2, 0) is 9.53 Å². The molecular formula is C35H46BrN20NaO11. The van der Waals surface area contributed by atoms with E-state index in [1.807, 2.05) is 13.0 Å². The number of hydrogen-bond acceptors (Lipinski definition) is 21. The summed E-state index contributed by atoms with van der Waals surface area (Å²) in [6.07, 6.45) is 6.89. The van der Waals surface area contributed by atoms with E-state index in [2.05, 4.69) is 91.6 Å². The molecule has 0 aliphatic heterocycles. The maximum Gasteiger partial charge on any atom is 1.00 e. The van der Waals surface area contributed by atoms with Gasteiger partial charge in [-0.2, -0.15) is 25.5 Å². The number of fused-ring (bicyclic) bond motifs is 4. The largest absolute Gasteiger partial charge is 1.00 e. The first-order chi connectivity index (χ1) is 30.0. The Hall–Kier alpha value is -8.04. The number of anilines is 2. The summed E-state index contributed by atoms with van der Waals surface area (Å²) < 4.78 is 4.69. The predicted molar refractivity (Wildman–Crippen MR) is 249 cm³/mol. The summed E-state index contributed by atoms with van der Waals surface area (Å²) in [6.45, 7) is 3.73. The van der Waals surface area contributed by atoms with E-state index in [1.54, 1.807) is 25.4 Å². The molecule has 0 saturated heterocycles. The van der Waals surface area contributed by atoms with Crippen molar-refractivity contribution in [1.29, 1.82) is 0 Å². The number of H-pyrrole nitrogens is 5. The van der Waals surface area contributed by atoms with Crippen molar-refractivity contribution in [3.05, 3.63) is 124 Å². The number of ether oxygens (including phenoxy) is 1. The molecule has 0 aliphatic rings. The van der Waals surface area contributed by atoms with Crippen molar-refractivity contribution in [2.45, 2.75) is 42.4 Å². The van der Waals surface area contributed by atoms with Crippen molar-refractivity contribution in [2.75, 3.05) is 18.6 Å². The number of nitrogen functional groups attached to an aromatic ring is 2. The normalized spacial score (nSPS) is 9.82. The molecule has 0 aliphatic carbocycles. The molecule has 31 nitrogen and oxygen atoms in total. The summed E-state index contributed by atoms with van der Waals surface area (Å²) in [7, 11) is 1.10. The van der Waals surface area contributed by atoms with Crippen LogP contribution < -0.4 is 41.0 Å². The second kappa shape index (κ2) is 29.5. The number of aromatic amines is 5. The number of nitro groups is 4. The molecule has 9 heterocycles. The third kappa shape index (κ3) is 17.4. The summed E-state index contributed by atoms with van der Waals surface area (Å²) in [5.74, 6) is 0.606. The van der Waals surface area contributed by atoms with E-state index in [9.17, 15) is 45.3 Å². The summed E-state index contributed by atoms with van der Waals surface area (Å²) in [5.41, 5.74) is 15.3. The topological polar surface area (TPSA) is 477 Å². The average molecular weight is 1030 g/mol. The van der Waals surface area contributed by atoms with Gasteiger partial charge in [-0.15, -0.1) is 0 Å². The molecule has 9 aromatic rings. The minimum atomic E-state index is -1.50. The zero-order chi connectivity index (χ0) is 46.2. The van der Waals surface area contributed by atoms with Crippen LogP contribution in [0.5, 0.6) is 0 Å². The molecule has 9 aromatic heterocycles. The fourth-order valence-electron chi connectivity index (χ4n) is 4.49. The second-order valence-corrected chi connectivity index (χ2v) is 12.6. The number of carbonyl (C=O) groups excluding carboxylic acids is 1. The Labute approximate surface area is 414 Å². The number of halogens is 1. The van der Waals surface area contributed by atoms with E-state index in [0.717, 1.165) is 29.5 Å². The Bertz CT molecular complexity index is 2920. The number of carbonyl (C=O) groups is 1. The Morgan fingerprint density at radius 3 is 1.59 bits per heavy atom. The number of aldehydes is 1. The van der Waals surface area contributed by atoms with Crippen molar-refractivity contribution in [2.24, 2.45) is 0 Å². The van der Waals surface area contributed by atoms with E-state index in [1.165, 1.54) is 43.0 Å². The van der Waals surface area contributed by atoms with Crippen molar-refractivity contribution >= 4 is 94.9 Å². The van der Waals surface area contributed by atoms with Gasteiger partial charge >= 0.3 is 35.8 Å². The van der Waals surface area contributed by atoms with Crippen LogP contribution in [0.1, 0.15) is 35.1 Å². The predicted octanol–water partition coefficient (Wildman–Crippen LogP) is 2.14. The third-order valence-corrected chi connectivity index (χ3v) is 8.16. The number of hydrogen-bond donors (Lipinski definition) is 7. The molecule has 9 rings (SSSR count). The Morgan fingerprint density at radius 2 is 1.15 bits per heavy atom. The molecule has 0 fully saturated rings. The number of rotatable bonds is 6. The molecule has 360 valence electrons. The number of nitrogens with one attached hydrogen (secondary N) is 5. The van der Waals surface area contributed by atoms with Gasteiger partial charge in [0.1, 0.15) is 29.0 Å². The van der Waals surface area contributed by atoms with Crippen LogP contribution in [0.2, 0.25) is 0 Å². The van der Waals surface area contributed by atoms with Gasteiger partial charge in [0.05, 0.1) is 49.4 Å². The molecule has 33 heteroatoms. The SMILES string of the molecule is C.C.C.COC(C=O)[N+](=O)[O-].Cc1[nH]nc2ncc(N)cc12.Cc1[nH]nc2ncc([N+](=O)[O-])cc12.Nc1ccn[nH]1.O.O=[N+]([O-])c1cnc2[nH]ncc2c1.O=[N+]([O-])c1cnc2n[nH]c(Br)c2c1.[H-].[Na+]. The van der Waals surface area contributed by atoms with Gasteiger partial charge in [-0.25, -0.2) is 19.9 Å². The number of aryl methyl sites for hydroxylation is 2. The molecule has 11 N–H and O–H groups in total. The van der Waals surface area contributed by atoms with Crippen molar-refractivity contribution < 1.29 is 65.7 Å². The smallest absolute Gasteiger partial charge is 1.00 e. The number of nitrogens with two attached hydrogens (primary N) is 2. The van der Waals surface area contributed by atoms with Gasteiger partial charge in [0.2, 0.25) is 6.29 Å². The standard InChI is InChI=1S/C7H6N4O2.C7H8N4.C6H3BrN4O2.C6H4N4O2.C3H5N3.C3H5NO4.3CH4.Na.H2O.H/c1-4-6-2-5(11(12)13)3-8-7(6)10-9-4;1-4-6-2-5(8)3-9-7(6)11-10-4;7-5-4-1-3(11(12)13)2-8-6(4)10-9-5;11-10(12)5-1-4-2-8-9-6(4)7-3-5;4-3-1-2-5-6-3;1-8-3(2-5)4(6)7;;;;;;/h2-3H,1H3,(H,8,9,10);2-3H,8H2,1H3,(H,9,10,11);1-2H,(H,8,9,10);1-3H,(H,7,8,9);1-2H,(H3,4,5,6);2-3H,1H3;3*1H4;;1H2;/q;;;;;;;;;+1;;-1. The van der Waals surface area contributed by atoms with E-state index < -0.39 is 25.9 Å². The van der Waals surface area contributed by atoms with E-state index in [4.69, 9.17) is 11.5 Å². The van der Waals surface area contributed by atoms with E-state index in [0.29, 0.717) is 49.2 Å². The average Bonchev–Trinajstić information content (AvgIpc) is 4.13. The molecule has 0 spiro atoms. The Balaban J connectivity index is -0.000000756. The maximum absolute atomic E-state index is 10.4. The van der Waals surface area contributed by atoms with Crippen molar-refractivity contribution in [1.82, 2.24) is 70.9 Å².